The molecule has 6 nitrogen and oxygen atoms in total. The minimum Gasteiger partial charge on any atom is -0.462 e. The van der Waals surface area contributed by atoms with E-state index in [-0.39, 0.29) is 31.1 Å². The number of carbonyl (C=O) groups is 3. The van der Waals surface area contributed by atoms with Crippen LogP contribution < -0.4 is 0 Å². The van der Waals surface area contributed by atoms with Crippen molar-refractivity contribution in [2.45, 2.75) is 265 Å². The van der Waals surface area contributed by atoms with E-state index in [1.807, 2.05) is 0 Å². The van der Waals surface area contributed by atoms with Gasteiger partial charge in [-0.05, 0) is 31.1 Å². The normalized spacial score (nSPS) is 12.6. The van der Waals surface area contributed by atoms with Crippen molar-refractivity contribution in [2.24, 2.45) is 11.8 Å². The Labute approximate surface area is 336 Å². The predicted molar refractivity (Wildman–Crippen MR) is 229 cm³/mol. The summed E-state index contributed by atoms with van der Waals surface area (Å²) in [7, 11) is 0. The second-order valence-corrected chi connectivity index (χ2v) is 17.1. The van der Waals surface area contributed by atoms with E-state index in [0.717, 1.165) is 69.6 Å². The highest BCUT2D eigenvalue weighted by molar-refractivity contribution is 5.71. The molecule has 0 saturated carbocycles. The summed E-state index contributed by atoms with van der Waals surface area (Å²) in [5.41, 5.74) is 0. The molecule has 0 saturated heterocycles. The molecular formula is C48H92O6. The molecule has 0 radical (unpaired) electrons. The molecular weight excluding hydrogens is 673 g/mol. The lowest BCUT2D eigenvalue weighted by molar-refractivity contribution is -0.167. The number of rotatable bonds is 42. The van der Waals surface area contributed by atoms with Gasteiger partial charge in [-0.15, -0.1) is 0 Å². The summed E-state index contributed by atoms with van der Waals surface area (Å²) in [4.78, 5) is 37.7. The van der Waals surface area contributed by atoms with Crippen LogP contribution >= 0.6 is 0 Å². The van der Waals surface area contributed by atoms with Crippen LogP contribution in [0.25, 0.3) is 0 Å². The van der Waals surface area contributed by atoms with Gasteiger partial charge in [-0.1, -0.05) is 221 Å². The Hall–Kier alpha value is -1.59. The Bertz CT molecular complexity index is 826. The monoisotopic (exact) mass is 765 g/mol. The van der Waals surface area contributed by atoms with Crippen LogP contribution in [0.2, 0.25) is 0 Å². The first kappa shape index (κ1) is 52.4. The highest BCUT2D eigenvalue weighted by Crippen LogP contribution is 2.17. The van der Waals surface area contributed by atoms with Crippen molar-refractivity contribution in [2.75, 3.05) is 13.2 Å². The van der Waals surface area contributed by atoms with Crippen molar-refractivity contribution in [3.63, 3.8) is 0 Å². The highest BCUT2D eigenvalue weighted by atomic mass is 16.6. The van der Waals surface area contributed by atoms with Gasteiger partial charge in [0.2, 0.25) is 0 Å². The van der Waals surface area contributed by atoms with Gasteiger partial charge < -0.3 is 14.2 Å². The Kier molecular flexibility index (Phi) is 39.8. The van der Waals surface area contributed by atoms with Crippen LogP contribution in [0.5, 0.6) is 0 Å². The van der Waals surface area contributed by atoms with Crippen LogP contribution in [0, 0.1) is 11.8 Å². The molecule has 0 spiro atoms. The van der Waals surface area contributed by atoms with E-state index in [4.69, 9.17) is 14.2 Å². The molecule has 0 aliphatic heterocycles. The number of carbonyl (C=O) groups excluding carboxylic acids is 3. The zero-order chi connectivity index (χ0) is 39.7. The molecule has 0 aliphatic carbocycles. The molecule has 0 aliphatic rings. The molecule has 0 amide bonds. The molecule has 320 valence electrons. The smallest absolute Gasteiger partial charge is 0.306 e. The molecule has 0 N–H and O–H groups in total. The van der Waals surface area contributed by atoms with E-state index in [9.17, 15) is 14.4 Å². The first-order valence-corrected chi connectivity index (χ1v) is 23.8. The van der Waals surface area contributed by atoms with E-state index in [1.165, 1.54) is 148 Å². The van der Waals surface area contributed by atoms with E-state index >= 15 is 0 Å². The second-order valence-electron chi connectivity index (χ2n) is 17.1. The molecule has 0 fully saturated rings. The van der Waals surface area contributed by atoms with Gasteiger partial charge in [-0.25, -0.2) is 0 Å². The molecule has 0 aromatic carbocycles. The maximum atomic E-state index is 12.7. The lowest BCUT2D eigenvalue weighted by atomic mass is 9.99. The Morgan fingerprint density at radius 2 is 0.704 bits per heavy atom. The van der Waals surface area contributed by atoms with Gasteiger partial charge in [0.05, 0.1) is 0 Å². The van der Waals surface area contributed by atoms with Crippen LogP contribution in [-0.4, -0.2) is 37.2 Å². The topological polar surface area (TPSA) is 78.9 Å². The fourth-order valence-corrected chi connectivity index (χ4v) is 7.07. The van der Waals surface area contributed by atoms with E-state index in [1.54, 1.807) is 0 Å². The Morgan fingerprint density at radius 3 is 1.06 bits per heavy atom. The van der Waals surface area contributed by atoms with Crippen molar-refractivity contribution < 1.29 is 28.6 Å². The summed E-state index contributed by atoms with van der Waals surface area (Å²) in [6.07, 6.45) is 39.4. The van der Waals surface area contributed by atoms with E-state index < -0.39 is 6.10 Å². The van der Waals surface area contributed by atoms with Crippen LogP contribution in [0.1, 0.15) is 259 Å². The van der Waals surface area contributed by atoms with E-state index in [0.29, 0.717) is 19.3 Å². The van der Waals surface area contributed by atoms with Gasteiger partial charge in [0.1, 0.15) is 13.2 Å². The molecule has 6 heteroatoms. The predicted octanol–water partition coefficient (Wildman–Crippen LogP) is 15.0. The fourth-order valence-electron chi connectivity index (χ4n) is 7.07. The minimum absolute atomic E-state index is 0.0649. The number of esters is 3. The van der Waals surface area contributed by atoms with Gasteiger partial charge in [-0.3, -0.25) is 14.4 Å². The number of hydrogen-bond acceptors (Lipinski definition) is 6. The van der Waals surface area contributed by atoms with Gasteiger partial charge in [-0.2, -0.15) is 0 Å². The molecule has 54 heavy (non-hydrogen) atoms. The molecule has 0 bridgehead atoms. The van der Waals surface area contributed by atoms with Crippen LogP contribution in [0.4, 0.5) is 0 Å². The van der Waals surface area contributed by atoms with Crippen molar-refractivity contribution in [1.29, 1.82) is 0 Å². The molecule has 0 aromatic heterocycles. The highest BCUT2D eigenvalue weighted by Gasteiger charge is 2.19. The van der Waals surface area contributed by atoms with Crippen molar-refractivity contribution in [3.8, 4) is 0 Å². The van der Waals surface area contributed by atoms with Gasteiger partial charge >= 0.3 is 17.9 Å². The molecule has 0 heterocycles. The summed E-state index contributed by atoms with van der Waals surface area (Å²) in [6.45, 7) is 11.3. The number of unbranched alkanes of at least 4 members (excludes halogenated alkanes) is 26. The third-order valence-corrected chi connectivity index (χ3v) is 11.1. The largest absolute Gasteiger partial charge is 0.462 e. The van der Waals surface area contributed by atoms with Crippen LogP contribution in [0.15, 0.2) is 0 Å². The Morgan fingerprint density at radius 1 is 0.389 bits per heavy atom. The van der Waals surface area contributed by atoms with Gasteiger partial charge in [0.25, 0.3) is 0 Å². The average molecular weight is 765 g/mol. The average Bonchev–Trinajstić information content (AvgIpc) is 3.15. The molecule has 2 atom stereocenters. The van der Waals surface area contributed by atoms with Crippen molar-refractivity contribution in [3.05, 3.63) is 0 Å². The van der Waals surface area contributed by atoms with Gasteiger partial charge in [0.15, 0.2) is 6.10 Å². The summed E-state index contributed by atoms with van der Waals surface area (Å²) >= 11 is 0. The lowest BCUT2D eigenvalue weighted by Gasteiger charge is -2.18. The standard InChI is InChI=1S/C48H92O6/c1-6-8-9-10-11-12-13-17-23-28-33-38-46(49)52-41-45(54-48(51)40-35-30-25-20-19-21-26-31-36-43(3)4)42-53-47(50)39-34-29-24-18-15-14-16-22-27-32-37-44(5)7-2/h43-45H,6-42H2,1-5H3/t44?,45-/m1/s1. The summed E-state index contributed by atoms with van der Waals surface area (Å²) in [5, 5.41) is 0. The lowest BCUT2D eigenvalue weighted by Crippen LogP contribution is -2.30. The maximum absolute atomic E-state index is 12.7. The van der Waals surface area contributed by atoms with Crippen molar-refractivity contribution in [1.82, 2.24) is 0 Å². The van der Waals surface area contributed by atoms with Crippen molar-refractivity contribution >= 4 is 17.9 Å². The fraction of sp³-hybridized carbons (Fsp3) is 0.938. The van der Waals surface area contributed by atoms with Crippen LogP contribution in [-0.2, 0) is 28.6 Å². The van der Waals surface area contributed by atoms with Gasteiger partial charge in [0, 0.05) is 19.3 Å². The quantitative estimate of drug-likeness (QED) is 0.0350. The minimum atomic E-state index is -0.761. The summed E-state index contributed by atoms with van der Waals surface area (Å²) in [6, 6.07) is 0. The third kappa shape index (κ3) is 40.1. The first-order valence-electron chi connectivity index (χ1n) is 23.8. The second kappa shape index (κ2) is 41.1. The third-order valence-electron chi connectivity index (χ3n) is 11.1. The summed E-state index contributed by atoms with van der Waals surface area (Å²) < 4.78 is 16.7. The number of hydrogen-bond donors (Lipinski definition) is 0. The number of ether oxygens (including phenoxy) is 3. The maximum Gasteiger partial charge on any atom is 0.306 e. The molecule has 0 rings (SSSR count). The zero-order valence-corrected chi connectivity index (χ0v) is 36.8. The molecule has 0 aromatic rings. The Balaban J connectivity index is 4.33. The van der Waals surface area contributed by atoms with Crippen LogP contribution in [0.3, 0.4) is 0 Å². The molecule has 1 unspecified atom stereocenters. The zero-order valence-electron chi connectivity index (χ0n) is 36.8. The van der Waals surface area contributed by atoms with E-state index in [2.05, 4.69) is 34.6 Å². The summed E-state index contributed by atoms with van der Waals surface area (Å²) in [5.74, 6) is 0.806. The SMILES string of the molecule is CCCCCCCCCCCCCC(=O)OC[C@H](COC(=O)CCCCCCCCCCCCC(C)CC)OC(=O)CCCCCCCCCCC(C)C. The first-order chi connectivity index (χ1) is 26.3.